The van der Waals surface area contributed by atoms with Gasteiger partial charge in [-0.3, -0.25) is 13.6 Å². The van der Waals surface area contributed by atoms with Gasteiger partial charge in [-0.25, -0.2) is 7.11 Å². The second-order valence-electron chi connectivity index (χ2n) is 8.16. The van der Waals surface area contributed by atoms with Gasteiger partial charge in [-0.15, -0.1) is 13.1 Å². The molecule has 4 nitrogen and oxygen atoms in total. The summed E-state index contributed by atoms with van der Waals surface area (Å²) < 4.78 is 0. The quantitative estimate of drug-likeness (QED) is 0.141. The molecule has 0 heterocycles. The van der Waals surface area contributed by atoms with Crippen LogP contribution >= 0.6 is 15.8 Å². The Morgan fingerprint density at radius 3 is 1.65 bits per heavy atom. The maximum atomic E-state index is 7.75. The molecular weight excluding hydrogens is 467 g/mol. The molecule has 1 aromatic rings. The number of hydrogen-bond donors (Lipinski definition) is 1. The van der Waals surface area contributed by atoms with Crippen molar-refractivity contribution in [1.82, 2.24) is 0 Å². The van der Waals surface area contributed by atoms with Crippen LogP contribution in [0.4, 0.5) is 0 Å². The van der Waals surface area contributed by atoms with Crippen molar-refractivity contribution in [3.63, 3.8) is 0 Å². The van der Waals surface area contributed by atoms with Gasteiger partial charge in [-0.2, -0.15) is 0 Å². The molecule has 183 valence electrons. The first-order valence-electron chi connectivity index (χ1n) is 10.5. The van der Waals surface area contributed by atoms with Gasteiger partial charge in [0.25, 0.3) is 0 Å². The Kier molecular flexibility index (Phi) is 30.1. The van der Waals surface area contributed by atoms with E-state index < -0.39 is 7.92 Å². The molecule has 1 rings (SSSR count). The Morgan fingerprint density at radius 2 is 1.26 bits per heavy atom. The summed E-state index contributed by atoms with van der Waals surface area (Å²) in [6.45, 7) is 27.6. The fourth-order valence-electron chi connectivity index (χ4n) is 3.88. The van der Waals surface area contributed by atoms with Crippen molar-refractivity contribution in [3.05, 3.63) is 42.3 Å². The fourth-order valence-corrected chi connectivity index (χ4v) is 10.2. The molecule has 0 saturated heterocycles. The average Bonchev–Trinajstić information content (AvgIpc) is 2.72. The van der Waals surface area contributed by atoms with Crippen LogP contribution in [-0.4, -0.2) is 54.0 Å². The van der Waals surface area contributed by atoms with Crippen molar-refractivity contribution in [2.45, 2.75) is 84.6 Å². The van der Waals surface area contributed by atoms with E-state index in [1.807, 2.05) is 0 Å². The maximum absolute atomic E-state index is 7.75. The third kappa shape index (κ3) is 16.2. The SMILES string of the molecule is CC(C)[PH+](CC[N-]Cc1ccccc1[PH+](C(C)C)C(C)C)C(C)C.[CH-]=O.[CH-]=O.[CH2-]O.[Mn]. The van der Waals surface area contributed by atoms with Gasteiger partial charge in [0, 0.05) is 39.1 Å². The summed E-state index contributed by atoms with van der Waals surface area (Å²) in [4.78, 5) is 15.5. The van der Waals surface area contributed by atoms with Gasteiger partial charge in [-0.05, 0) is 67.0 Å². The standard InChI is InChI=1S/C21H38NP2.CH3O.2CHO.Mn/c1-16(2)23(17(3)4)14-13-22-15-20-11-9-10-12-21(20)24(18(5)6)19(7)8;3*1-2;/h9-12,16-19H,13-15H2,1-8H3;2H,1H2;2*1H;/q4*-1;/p+2. The molecule has 0 bridgehead atoms. The molecule has 0 aliphatic rings. The minimum atomic E-state index is -0.519. The Labute approximate surface area is 205 Å². The molecule has 0 unspecified atom stereocenters. The van der Waals surface area contributed by atoms with Crippen molar-refractivity contribution < 1.29 is 31.8 Å². The largest absolute Gasteiger partial charge is 0.655 e. The number of rotatable bonds is 10. The molecule has 1 N–H and O–H groups in total. The zero-order valence-corrected chi connectivity index (χ0v) is 23.9. The second-order valence-corrected chi connectivity index (χ2v) is 15.9. The van der Waals surface area contributed by atoms with Gasteiger partial charge < -0.3 is 20.0 Å². The summed E-state index contributed by atoms with van der Waals surface area (Å²) >= 11 is 0. The van der Waals surface area contributed by atoms with Gasteiger partial charge in [0.2, 0.25) is 0 Å². The molecule has 0 amide bonds. The van der Waals surface area contributed by atoms with E-state index in [1.165, 1.54) is 11.7 Å². The van der Waals surface area contributed by atoms with Crippen molar-refractivity contribution in [3.8, 4) is 0 Å². The first-order valence-corrected chi connectivity index (χ1v) is 14.0. The summed E-state index contributed by atoms with van der Waals surface area (Å²) in [6.07, 6.45) is 1.33. The Morgan fingerprint density at radius 1 is 0.839 bits per heavy atom. The minimum Gasteiger partial charge on any atom is -0.655 e. The molecule has 0 aliphatic heterocycles. The molecule has 1 aromatic carbocycles. The van der Waals surface area contributed by atoms with Gasteiger partial charge in [0.1, 0.15) is 0 Å². The van der Waals surface area contributed by atoms with Crippen LogP contribution in [0.1, 0.15) is 61.0 Å². The van der Waals surface area contributed by atoms with E-state index in [-0.39, 0.29) is 25.0 Å². The van der Waals surface area contributed by atoms with Crippen LogP contribution in [0, 0.1) is 7.11 Å². The summed E-state index contributed by atoms with van der Waals surface area (Å²) in [5, 5.41) is 13.3. The second kappa shape index (κ2) is 24.5. The van der Waals surface area contributed by atoms with E-state index in [2.05, 4.69) is 100 Å². The normalized spacial score (nSPS) is 10.2. The zero-order valence-electron chi connectivity index (χ0n) is 20.7. The van der Waals surface area contributed by atoms with E-state index >= 15 is 0 Å². The molecular formula is C24H45MnNO3P2-2. The van der Waals surface area contributed by atoms with E-state index in [1.54, 1.807) is 5.30 Å². The number of nitrogens with zero attached hydrogens (tertiary/aromatic N) is 1. The van der Waals surface area contributed by atoms with Gasteiger partial charge in [0.05, 0.1) is 27.9 Å². The van der Waals surface area contributed by atoms with Crippen LogP contribution in [0.25, 0.3) is 5.32 Å². The van der Waals surface area contributed by atoms with E-state index in [0.29, 0.717) is 0 Å². The first kappa shape index (κ1) is 38.1. The van der Waals surface area contributed by atoms with Gasteiger partial charge >= 0.3 is 0 Å². The molecule has 0 atom stereocenters. The van der Waals surface area contributed by atoms with Crippen molar-refractivity contribution >= 4 is 34.7 Å². The van der Waals surface area contributed by atoms with Gasteiger partial charge in [0.15, 0.2) is 0 Å². The van der Waals surface area contributed by atoms with Gasteiger partial charge in [-0.1, -0.05) is 18.2 Å². The van der Waals surface area contributed by atoms with E-state index in [9.17, 15) is 0 Å². The Hall–Kier alpha value is -0.141. The van der Waals surface area contributed by atoms with Crippen molar-refractivity contribution in [1.29, 1.82) is 0 Å². The molecule has 7 heteroatoms. The molecule has 0 spiro atoms. The molecule has 0 fully saturated rings. The third-order valence-corrected chi connectivity index (χ3v) is 12.3. The topological polar surface area (TPSA) is 68.5 Å². The molecule has 0 aromatic heterocycles. The smallest absolute Gasteiger partial charge is 0.0934 e. The van der Waals surface area contributed by atoms with Crippen LogP contribution in [0.3, 0.4) is 0 Å². The third-order valence-electron chi connectivity index (χ3n) is 4.90. The van der Waals surface area contributed by atoms with Crippen LogP contribution in [0.5, 0.6) is 0 Å². The van der Waals surface area contributed by atoms with Crippen LogP contribution in [0.15, 0.2) is 24.3 Å². The summed E-state index contributed by atoms with van der Waals surface area (Å²) in [7, 11) is 1.46. The van der Waals surface area contributed by atoms with E-state index in [0.717, 1.165) is 35.7 Å². The Balaban J connectivity index is -0.000000477. The maximum Gasteiger partial charge on any atom is 0.0934 e. The number of aliphatic hydroxyl groups excluding tert-OH is 1. The molecule has 0 aliphatic carbocycles. The number of benzene rings is 1. The first-order chi connectivity index (χ1) is 14.3. The molecule has 31 heavy (non-hydrogen) atoms. The van der Waals surface area contributed by atoms with Crippen LogP contribution in [-0.2, 0) is 33.2 Å². The van der Waals surface area contributed by atoms with Crippen LogP contribution in [0.2, 0.25) is 0 Å². The van der Waals surface area contributed by atoms with E-state index in [4.69, 9.17) is 20.0 Å². The fraction of sp³-hybridized carbons (Fsp3) is 0.625. The number of aliphatic hydroxyl groups is 1. The molecule has 1 radical (unpaired) electrons. The summed E-state index contributed by atoms with van der Waals surface area (Å²) in [5.74, 6) is 0. The van der Waals surface area contributed by atoms with Crippen molar-refractivity contribution in [2.75, 3.05) is 12.7 Å². The number of hydrogen-bond acceptors (Lipinski definition) is 3. The predicted molar refractivity (Wildman–Crippen MR) is 141 cm³/mol. The molecule has 0 saturated carbocycles. The summed E-state index contributed by atoms with van der Waals surface area (Å²) in [5.41, 5.74) is 4.74. The van der Waals surface area contributed by atoms with Crippen LogP contribution < -0.4 is 5.30 Å². The predicted octanol–water partition coefficient (Wildman–Crippen LogP) is 5.85. The Bertz CT molecular complexity index is 499. The number of carbonyl (C=O) groups excluding carboxylic acids is 2. The minimum absolute atomic E-state index is 0. The zero-order chi connectivity index (χ0) is 24.3. The van der Waals surface area contributed by atoms with Crippen molar-refractivity contribution in [2.24, 2.45) is 0 Å². The monoisotopic (exact) mass is 512 g/mol. The summed E-state index contributed by atoms with van der Waals surface area (Å²) in [6, 6.07) is 9.08. The average molecular weight is 513 g/mol.